The van der Waals surface area contributed by atoms with Crippen molar-refractivity contribution in [1.29, 1.82) is 0 Å². The minimum atomic E-state index is -1.74. The average molecular weight is 289 g/mol. The molecule has 0 aliphatic carbocycles. The van der Waals surface area contributed by atoms with E-state index in [1.807, 2.05) is 0 Å². The van der Waals surface area contributed by atoms with Crippen LogP contribution in [0, 0.1) is 11.8 Å². The van der Waals surface area contributed by atoms with Crippen LogP contribution in [0.3, 0.4) is 0 Å². The van der Waals surface area contributed by atoms with Gasteiger partial charge in [-0.25, -0.2) is 0 Å². The molecule has 0 rings (SSSR count). The number of halogens is 1. The second-order valence-corrected chi connectivity index (χ2v) is 11.9. The molecule has 106 valence electrons. The lowest BCUT2D eigenvalue weighted by Crippen LogP contribution is -2.47. The molecule has 0 bridgehead atoms. The molecule has 0 amide bonds. The highest BCUT2D eigenvalue weighted by molar-refractivity contribution is 6.74. The zero-order chi connectivity index (χ0) is 14.4. The van der Waals surface area contributed by atoms with Crippen molar-refractivity contribution in [3.8, 4) is 11.8 Å². The lowest BCUT2D eigenvalue weighted by atomic mass is 10.1. The van der Waals surface area contributed by atoms with Gasteiger partial charge in [-0.3, -0.25) is 0 Å². The van der Waals surface area contributed by atoms with Gasteiger partial charge in [0.05, 0.1) is 0 Å². The fraction of sp³-hybridized carbons (Fsp3) is 0.867. The second kappa shape index (κ2) is 6.98. The zero-order valence-corrected chi connectivity index (χ0v) is 14.9. The van der Waals surface area contributed by atoms with E-state index in [1.165, 1.54) is 0 Å². The average Bonchev–Trinajstić information content (AvgIpc) is 2.13. The largest absolute Gasteiger partial charge is 0.401 e. The van der Waals surface area contributed by atoms with Gasteiger partial charge in [-0.1, -0.05) is 26.7 Å². The molecule has 0 aromatic heterocycles. The maximum atomic E-state index is 6.34. The van der Waals surface area contributed by atoms with E-state index < -0.39 is 8.32 Å². The van der Waals surface area contributed by atoms with Gasteiger partial charge in [-0.2, -0.15) is 0 Å². The molecule has 0 saturated heterocycles. The summed E-state index contributed by atoms with van der Waals surface area (Å²) in [5.74, 6) is 7.22. The number of hydrogen-bond acceptors (Lipinski definition) is 1. The SMILES string of the molecule is CC(C)(C#CCCCCCl)O[Si](C)(C)C(C)(C)C. The molecule has 0 saturated carbocycles. The van der Waals surface area contributed by atoms with Gasteiger partial charge in [0.2, 0.25) is 0 Å². The van der Waals surface area contributed by atoms with Gasteiger partial charge in [0, 0.05) is 12.3 Å². The summed E-state index contributed by atoms with van der Waals surface area (Å²) in [5, 5.41) is 0.227. The summed E-state index contributed by atoms with van der Waals surface area (Å²) in [6, 6.07) is 0. The van der Waals surface area contributed by atoms with Gasteiger partial charge >= 0.3 is 0 Å². The molecule has 0 unspecified atom stereocenters. The van der Waals surface area contributed by atoms with Crippen molar-refractivity contribution >= 4 is 19.9 Å². The predicted octanol–water partition coefficient (Wildman–Crippen LogP) is 5.20. The fourth-order valence-electron chi connectivity index (χ4n) is 1.40. The van der Waals surface area contributed by atoms with Crippen LogP contribution in [0.25, 0.3) is 0 Å². The third kappa shape index (κ3) is 6.83. The summed E-state index contributed by atoms with van der Waals surface area (Å²) in [7, 11) is -1.74. The van der Waals surface area contributed by atoms with Gasteiger partial charge < -0.3 is 4.43 Å². The van der Waals surface area contributed by atoms with Crippen LogP contribution in [0.1, 0.15) is 53.9 Å². The Kier molecular flexibility index (Phi) is 6.99. The summed E-state index contributed by atoms with van der Waals surface area (Å²) in [6.07, 6.45) is 3.03. The molecule has 1 nitrogen and oxygen atoms in total. The van der Waals surface area contributed by atoms with Gasteiger partial charge in [0.25, 0.3) is 0 Å². The van der Waals surface area contributed by atoms with E-state index in [0.29, 0.717) is 0 Å². The highest BCUT2D eigenvalue weighted by Gasteiger charge is 2.40. The lowest BCUT2D eigenvalue weighted by molar-refractivity contribution is 0.151. The summed E-state index contributed by atoms with van der Waals surface area (Å²) in [5.41, 5.74) is -0.343. The number of alkyl halides is 1. The predicted molar refractivity (Wildman–Crippen MR) is 84.7 cm³/mol. The van der Waals surface area contributed by atoms with Crippen LogP contribution < -0.4 is 0 Å². The van der Waals surface area contributed by atoms with Crippen molar-refractivity contribution in [3.05, 3.63) is 0 Å². The van der Waals surface area contributed by atoms with Crippen LogP contribution >= 0.6 is 11.6 Å². The lowest BCUT2D eigenvalue weighted by Gasteiger charge is -2.40. The molecule has 18 heavy (non-hydrogen) atoms. The molecule has 0 heterocycles. The maximum Gasteiger partial charge on any atom is 0.194 e. The quantitative estimate of drug-likeness (QED) is 0.292. The van der Waals surface area contributed by atoms with E-state index in [-0.39, 0.29) is 10.6 Å². The zero-order valence-electron chi connectivity index (χ0n) is 13.1. The van der Waals surface area contributed by atoms with Crippen molar-refractivity contribution in [2.24, 2.45) is 0 Å². The Morgan fingerprint density at radius 3 is 2.06 bits per heavy atom. The highest BCUT2D eigenvalue weighted by Crippen LogP contribution is 2.38. The topological polar surface area (TPSA) is 9.23 Å². The Morgan fingerprint density at radius 2 is 1.61 bits per heavy atom. The Morgan fingerprint density at radius 1 is 1.06 bits per heavy atom. The van der Waals surface area contributed by atoms with Crippen LogP contribution in [-0.2, 0) is 4.43 Å². The first-order valence-electron chi connectivity index (χ1n) is 6.78. The van der Waals surface area contributed by atoms with Crippen LogP contribution in [0.5, 0.6) is 0 Å². The minimum absolute atomic E-state index is 0.227. The Labute approximate surface area is 120 Å². The van der Waals surface area contributed by atoms with E-state index in [0.717, 1.165) is 25.1 Å². The summed E-state index contributed by atoms with van der Waals surface area (Å²) in [4.78, 5) is 0. The molecule has 0 aromatic carbocycles. The van der Waals surface area contributed by atoms with Crippen molar-refractivity contribution < 1.29 is 4.43 Å². The van der Waals surface area contributed by atoms with E-state index in [4.69, 9.17) is 16.0 Å². The molecule has 0 N–H and O–H groups in total. The van der Waals surface area contributed by atoms with Crippen LogP contribution in [-0.4, -0.2) is 19.8 Å². The van der Waals surface area contributed by atoms with E-state index in [1.54, 1.807) is 0 Å². The molecule has 0 atom stereocenters. The molecule has 0 fully saturated rings. The fourth-order valence-corrected chi connectivity index (χ4v) is 3.22. The van der Waals surface area contributed by atoms with Crippen LogP contribution in [0.4, 0.5) is 0 Å². The number of hydrogen-bond donors (Lipinski definition) is 0. The first-order chi connectivity index (χ1) is 8.02. The monoisotopic (exact) mass is 288 g/mol. The Hall–Kier alpha value is 0.0269. The Balaban J connectivity index is 4.47. The van der Waals surface area contributed by atoms with Gasteiger partial charge in [-0.15, -0.1) is 17.5 Å². The van der Waals surface area contributed by atoms with Crippen molar-refractivity contribution in [2.75, 3.05) is 5.88 Å². The summed E-state index contributed by atoms with van der Waals surface area (Å²) < 4.78 is 6.34. The van der Waals surface area contributed by atoms with Crippen molar-refractivity contribution in [3.63, 3.8) is 0 Å². The van der Waals surface area contributed by atoms with Crippen molar-refractivity contribution in [2.45, 2.75) is 77.6 Å². The third-order valence-corrected chi connectivity index (χ3v) is 8.29. The molecule has 0 aliphatic rings. The third-order valence-electron chi connectivity index (χ3n) is 3.39. The first kappa shape index (κ1) is 18.0. The number of unbranched alkanes of at least 4 members (excludes halogenated alkanes) is 2. The van der Waals surface area contributed by atoms with E-state index in [2.05, 4.69) is 59.6 Å². The minimum Gasteiger partial charge on any atom is -0.401 e. The second-order valence-electron chi connectivity index (χ2n) is 6.82. The van der Waals surface area contributed by atoms with E-state index >= 15 is 0 Å². The molecule has 0 spiro atoms. The first-order valence-corrected chi connectivity index (χ1v) is 10.2. The van der Waals surface area contributed by atoms with Gasteiger partial charge in [0.15, 0.2) is 8.32 Å². The molecule has 3 heteroatoms. The summed E-state index contributed by atoms with van der Waals surface area (Å²) in [6.45, 7) is 15.4. The smallest absolute Gasteiger partial charge is 0.194 e. The maximum absolute atomic E-state index is 6.34. The van der Waals surface area contributed by atoms with Crippen LogP contribution in [0.2, 0.25) is 18.1 Å². The molecule has 0 radical (unpaired) electrons. The number of rotatable bonds is 5. The van der Waals surface area contributed by atoms with Crippen molar-refractivity contribution in [1.82, 2.24) is 0 Å². The Bertz CT molecular complexity index is 305. The highest BCUT2D eigenvalue weighted by atomic mass is 35.5. The summed E-state index contributed by atoms with van der Waals surface area (Å²) >= 11 is 5.64. The normalized spacial score (nSPS) is 13.1. The molecule has 0 aromatic rings. The van der Waals surface area contributed by atoms with Gasteiger partial charge in [0.1, 0.15) is 5.60 Å². The molecular formula is C15H29ClOSi. The standard InChI is InChI=1S/C15H29ClOSi/c1-14(2,3)18(6,7)17-15(4,5)12-10-8-9-11-13-16/h8-9,11,13H2,1-7H3. The van der Waals surface area contributed by atoms with Gasteiger partial charge in [-0.05, 0) is 44.8 Å². The molecular weight excluding hydrogens is 260 g/mol. The van der Waals surface area contributed by atoms with E-state index in [9.17, 15) is 0 Å². The van der Waals surface area contributed by atoms with Crippen LogP contribution in [0.15, 0.2) is 0 Å². The molecule has 0 aliphatic heterocycles.